The highest BCUT2D eigenvalue weighted by Gasteiger charge is 2.23. The number of nitrogens with one attached hydrogen (secondary N) is 1. The van der Waals surface area contributed by atoms with Crippen LogP contribution in [-0.2, 0) is 11.3 Å². The normalized spacial score (nSPS) is 23.1. The van der Waals surface area contributed by atoms with Crippen LogP contribution >= 0.6 is 0 Å². The van der Waals surface area contributed by atoms with Gasteiger partial charge in [0, 0.05) is 30.3 Å². The molecule has 1 aromatic carbocycles. The standard InChI is InChI=1S/C16H20N2O/c1-11-3-5-14-9-13(4-6-16(14)18-11)10-17-15-7-8-19-12(15)2/h3-6,9,12,15,17H,7-8,10H2,1-2H3. The van der Waals surface area contributed by atoms with Crippen LogP contribution in [0.4, 0.5) is 0 Å². The van der Waals surface area contributed by atoms with Gasteiger partial charge in [0.1, 0.15) is 0 Å². The molecule has 1 N–H and O–H groups in total. The number of benzene rings is 1. The minimum atomic E-state index is 0.324. The van der Waals surface area contributed by atoms with Crippen LogP contribution in [0.5, 0.6) is 0 Å². The van der Waals surface area contributed by atoms with Crippen molar-refractivity contribution in [2.24, 2.45) is 0 Å². The van der Waals surface area contributed by atoms with Gasteiger partial charge >= 0.3 is 0 Å². The highest BCUT2D eigenvalue weighted by atomic mass is 16.5. The molecular formula is C16H20N2O. The van der Waals surface area contributed by atoms with E-state index in [1.54, 1.807) is 0 Å². The van der Waals surface area contributed by atoms with Gasteiger partial charge in [-0.15, -0.1) is 0 Å². The van der Waals surface area contributed by atoms with Gasteiger partial charge in [0.25, 0.3) is 0 Å². The molecule has 0 amide bonds. The topological polar surface area (TPSA) is 34.1 Å². The van der Waals surface area contributed by atoms with E-state index in [-0.39, 0.29) is 0 Å². The minimum absolute atomic E-state index is 0.324. The average Bonchev–Trinajstić information content (AvgIpc) is 2.82. The molecule has 1 aromatic heterocycles. The first kappa shape index (κ1) is 12.6. The zero-order valence-corrected chi connectivity index (χ0v) is 11.5. The number of pyridine rings is 1. The Morgan fingerprint density at radius 1 is 1.32 bits per heavy atom. The lowest BCUT2D eigenvalue weighted by Crippen LogP contribution is -2.34. The highest BCUT2D eigenvalue weighted by Crippen LogP contribution is 2.17. The van der Waals surface area contributed by atoms with Gasteiger partial charge < -0.3 is 10.1 Å². The van der Waals surface area contributed by atoms with E-state index in [2.05, 4.69) is 47.6 Å². The van der Waals surface area contributed by atoms with Crippen molar-refractivity contribution in [3.8, 4) is 0 Å². The Hall–Kier alpha value is -1.45. The van der Waals surface area contributed by atoms with Crippen molar-refractivity contribution in [1.29, 1.82) is 0 Å². The Morgan fingerprint density at radius 3 is 3.00 bits per heavy atom. The van der Waals surface area contributed by atoms with Crippen molar-refractivity contribution in [2.45, 2.75) is 39.0 Å². The summed E-state index contributed by atoms with van der Waals surface area (Å²) >= 11 is 0. The van der Waals surface area contributed by atoms with Crippen LogP contribution in [0.15, 0.2) is 30.3 Å². The molecule has 1 aliphatic heterocycles. The van der Waals surface area contributed by atoms with E-state index in [0.29, 0.717) is 12.1 Å². The third-order valence-corrected chi connectivity index (χ3v) is 3.84. The lowest BCUT2D eigenvalue weighted by molar-refractivity contribution is 0.113. The summed E-state index contributed by atoms with van der Waals surface area (Å²) in [4.78, 5) is 4.53. The molecule has 3 nitrogen and oxygen atoms in total. The predicted molar refractivity (Wildman–Crippen MR) is 77.1 cm³/mol. The Bertz CT molecular complexity index is 582. The van der Waals surface area contributed by atoms with E-state index in [4.69, 9.17) is 4.74 Å². The third kappa shape index (κ3) is 2.77. The van der Waals surface area contributed by atoms with E-state index in [1.165, 1.54) is 10.9 Å². The van der Waals surface area contributed by atoms with Crippen LogP contribution in [0.3, 0.4) is 0 Å². The van der Waals surface area contributed by atoms with E-state index in [1.807, 2.05) is 6.92 Å². The zero-order valence-electron chi connectivity index (χ0n) is 11.5. The van der Waals surface area contributed by atoms with Crippen LogP contribution in [0.2, 0.25) is 0 Å². The summed E-state index contributed by atoms with van der Waals surface area (Å²) < 4.78 is 5.56. The van der Waals surface area contributed by atoms with Gasteiger partial charge in [0.05, 0.1) is 11.6 Å². The number of rotatable bonds is 3. The molecule has 0 spiro atoms. The summed E-state index contributed by atoms with van der Waals surface area (Å²) in [5.74, 6) is 0. The molecule has 1 aliphatic rings. The zero-order chi connectivity index (χ0) is 13.2. The van der Waals surface area contributed by atoms with E-state index in [9.17, 15) is 0 Å². The second-order valence-corrected chi connectivity index (χ2v) is 5.33. The van der Waals surface area contributed by atoms with Crippen molar-refractivity contribution < 1.29 is 4.74 Å². The van der Waals surface area contributed by atoms with Crippen molar-refractivity contribution in [3.05, 3.63) is 41.6 Å². The molecule has 0 radical (unpaired) electrons. The second-order valence-electron chi connectivity index (χ2n) is 5.33. The fourth-order valence-corrected chi connectivity index (χ4v) is 2.64. The smallest absolute Gasteiger partial charge is 0.0705 e. The first-order chi connectivity index (χ1) is 9.22. The SMILES string of the molecule is Cc1ccc2cc(CNC3CCOC3C)ccc2n1. The lowest BCUT2D eigenvalue weighted by atomic mass is 10.1. The summed E-state index contributed by atoms with van der Waals surface area (Å²) in [6, 6.07) is 11.2. The van der Waals surface area contributed by atoms with Gasteiger partial charge in [0.15, 0.2) is 0 Å². The second kappa shape index (κ2) is 5.27. The van der Waals surface area contributed by atoms with Crippen molar-refractivity contribution in [3.63, 3.8) is 0 Å². The highest BCUT2D eigenvalue weighted by molar-refractivity contribution is 5.79. The van der Waals surface area contributed by atoms with Crippen LogP contribution in [0.25, 0.3) is 10.9 Å². The number of fused-ring (bicyclic) bond motifs is 1. The molecule has 3 rings (SSSR count). The minimum Gasteiger partial charge on any atom is -0.377 e. The van der Waals surface area contributed by atoms with Gasteiger partial charge in [0.2, 0.25) is 0 Å². The summed E-state index contributed by atoms with van der Waals surface area (Å²) in [5, 5.41) is 4.79. The maximum Gasteiger partial charge on any atom is 0.0705 e. The maximum absolute atomic E-state index is 5.56. The predicted octanol–water partition coefficient (Wildman–Crippen LogP) is 2.81. The fraction of sp³-hybridized carbons (Fsp3) is 0.438. The molecule has 0 bridgehead atoms. The Morgan fingerprint density at radius 2 is 2.21 bits per heavy atom. The molecule has 1 fully saturated rings. The molecule has 2 atom stereocenters. The van der Waals surface area contributed by atoms with Crippen LogP contribution < -0.4 is 5.32 Å². The van der Waals surface area contributed by atoms with Gasteiger partial charge in [-0.1, -0.05) is 12.1 Å². The summed E-state index contributed by atoms with van der Waals surface area (Å²) in [6.45, 7) is 5.93. The number of ether oxygens (including phenoxy) is 1. The Kier molecular flexibility index (Phi) is 3.49. The first-order valence-electron chi connectivity index (χ1n) is 6.94. The summed E-state index contributed by atoms with van der Waals surface area (Å²) in [7, 11) is 0. The lowest BCUT2D eigenvalue weighted by Gasteiger charge is -2.16. The van der Waals surface area contributed by atoms with E-state index < -0.39 is 0 Å². The average molecular weight is 256 g/mol. The molecule has 2 unspecified atom stereocenters. The molecule has 1 saturated heterocycles. The van der Waals surface area contributed by atoms with Gasteiger partial charge in [-0.05, 0) is 44.0 Å². The van der Waals surface area contributed by atoms with Crippen molar-refractivity contribution in [1.82, 2.24) is 10.3 Å². The van der Waals surface area contributed by atoms with Crippen molar-refractivity contribution in [2.75, 3.05) is 6.61 Å². The molecule has 2 heterocycles. The van der Waals surface area contributed by atoms with E-state index >= 15 is 0 Å². The Balaban J connectivity index is 1.72. The van der Waals surface area contributed by atoms with Gasteiger partial charge in [-0.3, -0.25) is 4.98 Å². The van der Waals surface area contributed by atoms with E-state index in [0.717, 1.165) is 30.8 Å². The van der Waals surface area contributed by atoms with Crippen LogP contribution in [-0.4, -0.2) is 23.7 Å². The molecular weight excluding hydrogens is 236 g/mol. The molecule has 2 aromatic rings. The van der Waals surface area contributed by atoms with Gasteiger partial charge in [-0.25, -0.2) is 0 Å². The summed E-state index contributed by atoms with van der Waals surface area (Å²) in [5.41, 5.74) is 3.44. The molecule has 0 saturated carbocycles. The third-order valence-electron chi connectivity index (χ3n) is 3.84. The molecule has 100 valence electrons. The number of aryl methyl sites for hydroxylation is 1. The number of hydrogen-bond donors (Lipinski definition) is 1. The number of nitrogens with zero attached hydrogens (tertiary/aromatic N) is 1. The molecule has 3 heteroatoms. The first-order valence-corrected chi connectivity index (χ1v) is 6.94. The van der Waals surface area contributed by atoms with Crippen molar-refractivity contribution >= 4 is 10.9 Å². The number of hydrogen-bond acceptors (Lipinski definition) is 3. The molecule has 19 heavy (non-hydrogen) atoms. The number of aromatic nitrogens is 1. The fourth-order valence-electron chi connectivity index (χ4n) is 2.64. The van der Waals surface area contributed by atoms with Crippen LogP contribution in [0.1, 0.15) is 24.6 Å². The largest absolute Gasteiger partial charge is 0.377 e. The van der Waals surface area contributed by atoms with Gasteiger partial charge in [-0.2, -0.15) is 0 Å². The summed E-state index contributed by atoms with van der Waals surface area (Å²) in [6.07, 6.45) is 1.43. The Labute approximate surface area is 114 Å². The quantitative estimate of drug-likeness (QED) is 0.917. The monoisotopic (exact) mass is 256 g/mol. The van der Waals surface area contributed by atoms with Crippen LogP contribution in [0, 0.1) is 6.92 Å². The maximum atomic E-state index is 5.56. The molecule has 0 aliphatic carbocycles.